The maximum Gasteiger partial charge on any atom is 0.497 e. The van der Waals surface area contributed by atoms with Gasteiger partial charge in [-0.05, 0) is 39.1 Å². The highest BCUT2D eigenvalue weighted by Gasteiger charge is 2.52. The molecule has 6 aromatic rings. The summed E-state index contributed by atoms with van der Waals surface area (Å²) in [6.45, 7) is 8.28. The molecule has 1 fully saturated rings. The fraction of sp³-hybridized carbons (Fsp3) is 0.171. The van der Waals surface area contributed by atoms with Crippen molar-refractivity contribution in [2.24, 2.45) is 0 Å². The van der Waals surface area contributed by atoms with Crippen LogP contribution in [0.3, 0.4) is 0 Å². The lowest BCUT2D eigenvalue weighted by Crippen LogP contribution is -2.41. The lowest BCUT2D eigenvalue weighted by Gasteiger charge is -2.32. The number of hydrogen-bond donors (Lipinski definition) is 0. The van der Waals surface area contributed by atoms with Crippen LogP contribution in [0.1, 0.15) is 27.7 Å². The predicted octanol–water partition coefficient (Wildman–Crippen LogP) is 7.48. The summed E-state index contributed by atoms with van der Waals surface area (Å²) in [5.41, 5.74) is 5.92. The van der Waals surface area contributed by atoms with Crippen molar-refractivity contribution in [1.82, 2.24) is 15.0 Å². The van der Waals surface area contributed by atoms with E-state index in [0.29, 0.717) is 5.82 Å². The summed E-state index contributed by atoms with van der Waals surface area (Å²) in [5.74, 6) is 0.697. The highest BCUT2D eigenvalue weighted by Crippen LogP contribution is 2.38. The van der Waals surface area contributed by atoms with Gasteiger partial charge in [-0.15, -0.1) is 0 Å². The zero-order chi connectivity index (χ0) is 28.2. The maximum atomic E-state index is 6.36. The highest BCUT2D eigenvalue weighted by molar-refractivity contribution is 6.65. The molecule has 0 spiro atoms. The number of hydrogen-bond acceptors (Lipinski definition) is 5. The summed E-state index contributed by atoms with van der Waals surface area (Å²) in [6.07, 6.45) is 1.90. The van der Waals surface area contributed by atoms with Gasteiger partial charge in [-0.1, -0.05) is 97.1 Å². The number of aromatic nitrogens is 3. The van der Waals surface area contributed by atoms with Crippen molar-refractivity contribution >= 4 is 34.3 Å². The monoisotopic (exact) mass is 535 g/mol. The minimum absolute atomic E-state index is 0.418. The van der Waals surface area contributed by atoms with Gasteiger partial charge >= 0.3 is 7.12 Å². The third kappa shape index (κ3) is 4.40. The third-order valence-corrected chi connectivity index (χ3v) is 8.40. The minimum atomic E-state index is -0.474. The molecule has 41 heavy (non-hydrogen) atoms. The first-order chi connectivity index (χ1) is 19.8. The average Bonchev–Trinajstić information content (AvgIpc) is 3.22. The van der Waals surface area contributed by atoms with E-state index in [1.807, 2.05) is 54.7 Å². The molecule has 0 unspecified atom stereocenters. The molecule has 3 heterocycles. The van der Waals surface area contributed by atoms with Crippen LogP contribution in [0.25, 0.3) is 55.6 Å². The molecule has 0 saturated carbocycles. The van der Waals surface area contributed by atoms with Gasteiger partial charge in [0.15, 0.2) is 5.82 Å². The SMILES string of the molecule is CC1(C)OB(c2cnc(-c3ccc(-c4nc(-c5ccccc5)c5ccccc5n4)cc3)c3ccccc23)OC1(C)C. The third-order valence-electron chi connectivity index (χ3n) is 8.40. The van der Waals surface area contributed by atoms with E-state index < -0.39 is 18.3 Å². The van der Waals surface area contributed by atoms with Gasteiger partial charge < -0.3 is 9.31 Å². The van der Waals surface area contributed by atoms with Crippen molar-refractivity contribution in [2.45, 2.75) is 38.9 Å². The Balaban J connectivity index is 1.28. The van der Waals surface area contributed by atoms with Gasteiger partial charge in [-0.2, -0.15) is 0 Å². The topological polar surface area (TPSA) is 57.1 Å². The molecular formula is C35H30BN3O2. The molecule has 0 atom stereocenters. The Hall–Kier alpha value is -4.39. The Bertz CT molecular complexity index is 1890. The fourth-order valence-electron chi connectivity index (χ4n) is 5.40. The molecule has 4 aromatic carbocycles. The van der Waals surface area contributed by atoms with E-state index in [2.05, 4.69) is 82.3 Å². The van der Waals surface area contributed by atoms with Crippen LogP contribution < -0.4 is 5.46 Å². The highest BCUT2D eigenvalue weighted by atomic mass is 16.7. The molecule has 1 aliphatic heterocycles. The van der Waals surface area contributed by atoms with Crippen molar-refractivity contribution in [3.63, 3.8) is 0 Å². The molecule has 5 nitrogen and oxygen atoms in total. The Morgan fingerprint density at radius 2 is 1.10 bits per heavy atom. The molecular weight excluding hydrogens is 505 g/mol. The molecule has 0 amide bonds. The number of fused-ring (bicyclic) bond motifs is 2. The molecule has 0 aliphatic carbocycles. The molecule has 0 N–H and O–H groups in total. The van der Waals surface area contributed by atoms with E-state index in [1.54, 1.807) is 0 Å². The first-order valence-corrected chi connectivity index (χ1v) is 14.0. The van der Waals surface area contributed by atoms with E-state index in [4.69, 9.17) is 24.3 Å². The first kappa shape index (κ1) is 25.6. The average molecular weight is 535 g/mol. The Morgan fingerprint density at radius 3 is 1.80 bits per heavy atom. The van der Waals surface area contributed by atoms with Crippen LogP contribution in [-0.4, -0.2) is 33.3 Å². The van der Waals surface area contributed by atoms with Crippen molar-refractivity contribution in [3.8, 4) is 33.9 Å². The minimum Gasteiger partial charge on any atom is -0.399 e. The molecule has 7 rings (SSSR count). The second-order valence-electron chi connectivity index (χ2n) is 11.6. The van der Waals surface area contributed by atoms with Gasteiger partial charge in [0.1, 0.15) is 0 Å². The van der Waals surface area contributed by atoms with Crippen LogP contribution in [0.2, 0.25) is 0 Å². The lowest BCUT2D eigenvalue weighted by molar-refractivity contribution is 0.00578. The predicted molar refractivity (Wildman–Crippen MR) is 167 cm³/mol. The summed E-state index contributed by atoms with van der Waals surface area (Å²) in [6, 6.07) is 35.1. The lowest BCUT2D eigenvalue weighted by atomic mass is 9.77. The van der Waals surface area contributed by atoms with Gasteiger partial charge in [0.25, 0.3) is 0 Å². The molecule has 1 saturated heterocycles. The number of pyridine rings is 1. The molecule has 0 radical (unpaired) electrons. The second kappa shape index (κ2) is 9.62. The molecule has 6 heteroatoms. The molecule has 0 bridgehead atoms. The van der Waals surface area contributed by atoms with Gasteiger partial charge in [-0.3, -0.25) is 4.98 Å². The normalized spacial score (nSPS) is 16.0. The van der Waals surface area contributed by atoms with E-state index in [-0.39, 0.29) is 0 Å². The van der Waals surface area contributed by atoms with E-state index in [1.165, 1.54) is 0 Å². The summed E-state index contributed by atoms with van der Waals surface area (Å²) in [4.78, 5) is 14.8. The fourth-order valence-corrected chi connectivity index (χ4v) is 5.40. The van der Waals surface area contributed by atoms with E-state index in [9.17, 15) is 0 Å². The quantitative estimate of drug-likeness (QED) is 0.219. The van der Waals surface area contributed by atoms with Crippen molar-refractivity contribution in [1.29, 1.82) is 0 Å². The van der Waals surface area contributed by atoms with Crippen LogP contribution in [0.15, 0.2) is 109 Å². The van der Waals surface area contributed by atoms with Gasteiger partial charge in [0.05, 0.1) is 28.1 Å². The van der Waals surface area contributed by atoms with Crippen molar-refractivity contribution < 1.29 is 9.31 Å². The second-order valence-corrected chi connectivity index (χ2v) is 11.6. The molecule has 1 aliphatic rings. The summed E-state index contributed by atoms with van der Waals surface area (Å²) < 4.78 is 12.7. The van der Waals surface area contributed by atoms with Crippen molar-refractivity contribution in [3.05, 3.63) is 109 Å². The largest absolute Gasteiger partial charge is 0.497 e. The van der Waals surface area contributed by atoms with Crippen molar-refractivity contribution in [2.75, 3.05) is 0 Å². The van der Waals surface area contributed by atoms with Crippen LogP contribution in [0, 0.1) is 0 Å². The number of rotatable bonds is 4. The molecule has 200 valence electrons. The number of nitrogens with zero attached hydrogens (tertiary/aromatic N) is 3. The zero-order valence-corrected chi connectivity index (χ0v) is 23.6. The number of para-hydroxylation sites is 1. The van der Waals surface area contributed by atoms with Crippen LogP contribution >= 0.6 is 0 Å². The smallest absolute Gasteiger partial charge is 0.399 e. The Morgan fingerprint density at radius 1 is 0.537 bits per heavy atom. The Labute approximate surface area is 240 Å². The van der Waals surface area contributed by atoms with Crippen LogP contribution in [0.4, 0.5) is 0 Å². The summed E-state index contributed by atoms with van der Waals surface area (Å²) >= 11 is 0. The zero-order valence-electron chi connectivity index (χ0n) is 23.6. The van der Waals surface area contributed by atoms with E-state index >= 15 is 0 Å². The summed E-state index contributed by atoms with van der Waals surface area (Å²) in [7, 11) is -0.474. The van der Waals surface area contributed by atoms with Gasteiger partial charge in [0, 0.05) is 39.1 Å². The standard InChI is InChI=1S/C35H30BN3O2/c1-34(2)35(3,4)41-36(40-34)29-22-37-31(27-15-9-8-14-26(27)29)24-18-20-25(21-19-24)33-38-30-17-11-10-16-28(30)32(39-33)23-12-6-5-7-13-23/h5-22H,1-4H3. The van der Waals surface area contributed by atoms with Gasteiger partial charge in [0.2, 0.25) is 0 Å². The van der Waals surface area contributed by atoms with Crippen LogP contribution in [-0.2, 0) is 9.31 Å². The Kier molecular flexibility index (Phi) is 6.00. The van der Waals surface area contributed by atoms with E-state index in [0.717, 1.165) is 55.2 Å². The molecule has 2 aromatic heterocycles. The van der Waals surface area contributed by atoms with Gasteiger partial charge in [-0.25, -0.2) is 9.97 Å². The first-order valence-electron chi connectivity index (χ1n) is 14.0. The van der Waals surface area contributed by atoms with Crippen LogP contribution in [0.5, 0.6) is 0 Å². The number of benzene rings is 4. The maximum absolute atomic E-state index is 6.36. The summed E-state index contributed by atoms with van der Waals surface area (Å²) in [5, 5.41) is 3.17.